The van der Waals surface area contributed by atoms with Crippen LogP contribution < -0.4 is 46.1 Å². The van der Waals surface area contributed by atoms with E-state index in [0.717, 1.165) is 30.4 Å². The first kappa shape index (κ1) is 33.4. The second-order valence-corrected chi connectivity index (χ2v) is 10.1. The molecule has 2 aromatic rings. The van der Waals surface area contributed by atoms with Gasteiger partial charge in [0.1, 0.15) is 17.9 Å². The van der Waals surface area contributed by atoms with E-state index in [4.69, 9.17) is 28.4 Å². The van der Waals surface area contributed by atoms with Crippen LogP contribution in [0.2, 0.25) is 0 Å². The average Bonchev–Trinajstić information content (AvgIpc) is 2.97. The van der Waals surface area contributed by atoms with Crippen molar-refractivity contribution in [3.05, 3.63) is 35.4 Å². The van der Waals surface area contributed by atoms with E-state index in [1.165, 1.54) is 25.7 Å². The lowest BCUT2D eigenvalue weighted by Crippen LogP contribution is -3.00. The van der Waals surface area contributed by atoms with Crippen LogP contribution in [0.4, 0.5) is 0 Å². The quantitative estimate of drug-likeness (QED) is 0.324. The minimum Gasteiger partial charge on any atom is -1.00 e. The number of quaternary nitrogens is 1. The summed E-state index contributed by atoms with van der Waals surface area (Å²) in [4.78, 5) is 13.8. The number of ketones is 1. The van der Waals surface area contributed by atoms with Gasteiger partial charge in [0.15, 0.2) is 23.0 Å². The van der Waals surface area contributed by atoms with Gasteiger partial charge in [-0.05, 0) is 30.7 Å². The largest absolute Gasteiger partial charge is 1.00 e. The van der Waals surface area contributed by atoms with Gasteiger partial charge in [-0.3, -0.25) is 4.79 Å². The van der Waals surface area contributed by atoms with E-state index >= 15 is 0 Å². The topological polar surface area (TPSA) is 89.1 Å². The van der Waals surface area contributed by atoms with Gasteiger partial charge in [-0.1, -0.05) is 45.4 Å². The van der Waals surface area contributed by atoms with Gasteiger partial charge in [0.25, 0.3) is 0 Å². The Balaban J connectivity index is 0.00000560. The molecule has 0 bridgehead atoms. The van der Waals surface area contributed by atoms with Crippen molar-refractivity contribution in [3.8, 4) is 34.5 Å². The van der Waals surface area contributed by atoms with E-state index in [1.807, 2.05) is 24.3 Å². The number of hydrogen-bond acceptors (Lipinski definition) is 7. The van der Waals surface area contributed by atoms with E-state index in [0.29, 0.717) is 40.9 Å². The summed E-state index contributed by atoms with van der Waals surface area (Å²) < 4.78 is 33.6. The Kier molecular flexibility index (Phi) is 13.7. The number of carbonyl (C=O) groups excluding carboxylic acids is 1. The third kappa shape index (κ3) is 7.67. The van der Waals surface area contributed by atoms with Gasteiger partial charge >= 0.3 is 0 Å². The van der Waals surface area contributed by atoms with Gasteiger partial charge in [-0.15, -0.1) is 0 Å². The van der Waals surface area contributed by atoms with Crippen molar-refractivity contribution < 1.29 is 50.9 Å². The molecule has 0 unspecified atom stereocenters. The minimum absolute atomic E-state index is 0. The zero-order chi connectivity index (χ0) is 28.4. The number of methoxy groups -OCH3 is 6. The highest BCUT2D eigenvalue weighted by Gasteiger charge is 2.42. The fraction of sp³-hybridized carbons (Fsp3) is 0.581. The Labute approximate surface area is 245 Å². The summed E-state index contributed by atoms with van der Waals surface area (Å²) in [7, 11) is 9.62. The Bertz CT molecular complexity index is 1040. The molecule has 0 aliphatic carbocycles. The lowest BCUT2D eigenvalue weighted by atomic mass is 9.78. The number of unbranched alkanes of at least 4 members (excludes halogenated alkanes) is 5. The van der Waals surface area contributed by atoms with Crippen LogP contribution >= 0.6 is 0 Å². The molecule has 1 fully saturated rings. The molecule has 0 radical (unpaired) electrons. The zero-order valence-corrected chi connectivity index (χ0v) is 25.8. The van der Waals surface area contributed by atoms with Gasteiger partial charge in [-0.25, -0.2) is 0 Å². The summed E-state index contributed by atoms with van der Waals surface area (Å²) in [5, 5.41) is 2.30. The van der Waals surface area contributed by atoms with Crippen molar-refractivity contribution in [1.82, 2.24) is 0 Å². The minimum atomic E-state index is -0.115. The molecular formula is C31H46ClNO7. The van der Waals surface area contributed by atoms with Gasteiger partial charge in [-0.2, -0.15) is 0 Å². The molecule has 1 aliphatic rings. The van der Waals surface area contributed by atoms with Crippen LogP contribution in [0.3, 0.4) is 0 Å². The van der Waals surface area contributed by atoms with Crippen LogP contribution in [0.5, 0.6) is 34.5 Å². The molecule has 0 aromatic heterocycles. The summed E-state index contributed by atoms with van der Waals surface area (Å²) in [5.41, 5.74) is 1.93. The Morgan fingerprint density at radius 2 is 1.12 bits per heavy atom. The van der Waals surface area contributed by atoms with Crippen molar-refractivity contribution in [2.75, 3.05) is 42.7 Å². The number of hydrogen-bond donors (Lipinski definition) is 1. The van der Waals surface area contributed by atoms with Crippen molar-refractivity contribution in [1.29, 1.82) is 0 Å². The number of nitrogens with two attached hydrogens (primary N) is 1. The van der Waals surface area contributed by atoms with Gasteiger partial charge in [0.05, 0.1) is 55.0 Å². The molecule has 0 saturated carbocycles. The molecule has 2 aromatic carbocycles. The number of halogens is 1. The maximum Gasteiger partial charge on any atom is 0.203 e. The second-order valence-electron chi connectivity index (χ2n) is 10.1. The van der Waals surface area contributed by atoms with Gasteiger partial charge in [0, 0.05) is 11.1 Å². The lowest BCUT2D eigenvalue weighted by Gasteiger charge is -2.34. The Morgan fingerprint density at radius 1 is 0.675 bits per heavy atom. The summed E-state index contributed by atoms with van der Waals surface area (Å²) in [6, 6.07) is 7.60. The predicted octanol–water partition coefficient (Wildman–Crippen LogP) is 2.43. The van der Waals surface area contributed by atoms with Crippen molar-refractivity contribution in [2.45, 2.75) is 70.4 Å². The monoisotopic (exact) mass is 579 g/mol. The fourth-order valence-corrected chi connectivity index (χ4v) is 5.69. The number of Topliss-reactive ketones (excluding diaryl/α,β-unsaturated/α-hetero) is 1. The standard InChI is InChI=1S/C31H45NO7.ClH/c1-8-9-10-11-12-13-14-22-24(33)19-23(20-15-25(34-2)30(38-6)26(16-20)35-3)32-29(22)21-17-27(36-4)31(39-7)28(18-21)37-5;/h15-18,22-23,29,32H,8-14,19H2,1-7H3;1H/t22-,23+,29+;/m0./s1. The average molecular weight is 580 g/mol. The smallest absolute Gasteiger partial charge is 0.203 e. The highest BCUT2D eigenvalue weighted by molar-refractivity contribution is 5.83. The lowest BCUT2D eigenvalue weighted by molar-refractivity contribution is -0.743. The predicted molar refractivity (Wildman–Crippen MR) is 151 cm³/mol. The third-order valence-corrected chi connectivity index (χ3v) is 7.76. The van der Waals surface area contributed by atoms with Crippen LogP contribution in [0, 0.1) is 5.92 Å². The first-order valence-corrected chi connectivity index (χ1v) is 13.9. The summed E-state index contributed by atoms with van der Waals surface area (Å²) >= 11 is 0. The Hall–Kier alpha value is -2.84. The third-order valence-electron chi connectivity index (χ3n) is 7.76. The second kappa shape index (κ2) is 16.4. The molecule has 224 valence electrons. The van der Waals surface area contributed by atoms with Crippen LogP contribution in [0.25, 0.3) is 0 Å². The maximum atomic E-state index is 13.8. The van der Waals surface area contributed by atoms with Crippen LogP contribution in [-0.4, -0.2) is 48.4 Å². The number of benzene rings is 2. The molecule has 0 amide bonds. The molecule has 40 heavy (non-hydrogen) atoms. The highest BCUT2D eigenvalue weighted by atomic mass is 35.5. The highest BCUT2D eigenvalue weighted by Crippen LogP contribution is 2.44. The molecule has 1 heterocycles. The molecule has 1 saturated heterocycles. The molecule has 1 aliphatic heterocycles. The molecule has 3 rings (SSSR count). The number of ether oxygens (including phenoxy) is 6. The van der Waals surface area contributed by atoms with Crippen LogP contribution in [-0.2, 0) is 4.79 Å². The van der Waals surface area contributed by atoms with E-state index in [1.54, 1.807) is 42.7 Å². The Morgan fingerprint density at radius 3 is 1.57 bits per heavy atom. The summed E-state index contributed by atoms with van der Waals surface area (Å²) in [6.07, 6.45) is 8.40. The molecule has 9 heteroatoms. The van der Waals surface area contributed by atoms with Crippen molar-refractivity contribution >= 4 is 5.78 Å². The normalized spacial score (nSPS) is 18.5. The van der Waals surface area contributed by atoms with Crippen molar-refractivity contribution in [2.24, 2.45) is 5.92 Å². The van der Waals surface area contributed by atoms with Crippen LogP contribution in [0.1, 0.15) is 81.5 Å². The first-order valence-electron chi connectivity index (χ1n) is 13.9. The first-order chi connectivity index (χ1) is 19.0. The van der Waals surface area contributed by atoms with Crippen molar-refractivity contribution in [3.63, 3.8) is 0 Å². The summed E-state index contributed by atoms with van der Waals surface area (Å²) in [6.45, 7) is 2.23. The van der Waals surface area contributed by atoms with E-state index in [-0.39, 0.29) is 36.2 Å². The van der Waals surface area contributed by atoms with E-state index in [9.17, 15) is 4.79 Å². The number of rotatable bonds is 15. The number of piperidine rings is 1. The fourth-order valence-electron chi connectivity index (χ4n) is 5.69. The molecular weight excluding hydrogens is 534 g/mol. The zero-order valence-electron chi connectivity index (χ0n) is 25.0. The van der Waals surface area contributed by atoms with Crippen LogP contribution in [0.15, 0.2) is 24.3 Å². The molecule has 0 spiro atoms. The SMILES string of the molecule is CCCCCCCC[C@H]1C(=O)C[C@H](c2cc(OC)c(OC)c(OC)c2)[NH2+][C@@H]1c1cc(OC)c(OC)c(OC)c1.[Cl-]. The van der Waals surface area contributed by atoms with Gasteiger partial charge < -0.3 is 46.1 Å². The summed E-state index contributed by atoms with van der Waals surface area (Å²) in [5.74, 6) is 3.55. The molecule has 2 N–H and O–H groups in total. The van der Waals surface area contributed by atoms with E-state index < -0.39 is 0 Å². The number of carbonyl (C=O) groups is 1. The van der Waals surface area contributed by atoms with E-state index in [2.05, 4.69) is 12.2 Å². The molecule has 8 nitrogen and oxygen atoms in total. The van der Waals surface area contributed by atoms with Gasteiger partial charge in [0.2, 0.25) is 11.5 Å². The maximum absolute atomic E-state index is 13.8. The molecule has 3 atom stereocenters.